The zero-order valence-electron chi connectivity index (χ0n) is 11.3. The van der Waals surface area contributed by atoms with Crippen molar-refractivity contribution in [1.29, 1.82) is 0 Å². The highest BCUT2D eigenvalue weighted by atomic mass is 14.2. The number of hydrogen-bond acceptors (Lipinski definition) is 0. The highest BCUT2D eigenvalue weighted by Crippen LogP contribution is 2.25. The van der Waals surface area contributed by atoms with E-state index >= 15 is 0 Å². The fraction of sp³-hybridized carbons (Fsp3) is 0.867. The third-order valence-electron chi connectivity index (χ3n) is 3.41. The van der Waals surface area contributed by atoms with E-state index in [9.17, 15) is 0 Å². The summed E-state index contributed by atoms with van der Waals surface area (Å²) in [4.78, 5) is 0. The van der Waals surface area contributed by atoms with Crippen LogP contribution in [0.2, 0.25) is 0 Å². The van der Waals surface area contributed by atoms with Gasteiger partial charge in [-0.25, -0.2) is 0 Å². The Kier molecular flexibility index (Phi) is 10.5. The van der Waals surface area contributed by atoms with Crippen molar-refractivity contribution < 1.29 is 0 Å². The van der Waals surface area contributed by atoms with Crippen LogP contribution in [0.3, 0.4) is 0 Å². The Morgan fingerprint density at radius 3 is 1.47 bits per heavy atom. The van der Waals surface area contributed by atoms with E-state index in [2.05, 4.69) is 40.5 Å². The summed E-state index contributed by atoms with van der Waals surface area (Å²) in [5, 5.41) is 0. The largest absolute Gasteiger partial charge is 0.0654 e. The molecule has 0 aliphatic rings. The Morgan fingerprint density at radius 2 is 1.20 bits per heavy atom. The zero-order valence-corrected chi connectivity index (χ0v) is 11.3. The molecule has 0 heterocycles. The zero-order chi connectivity index (χ0) is 11.5. The molecule has 2 atom stereocenters. The Balaban J connectivity index is 3.77. The van der Waals surface area contributed by atoms with Crippen molar-refractivity contribution in [2.75, 3.05) is 0 Å². The monoisotopic (exact) mass is 210 g/mol. The van der Waals surface area contributed by atoms with Gasteiger partial charge in [0.1, 0.15) is 0 Å². The van der Waals surface area contributed by atoms with Crippen LogP contribution in [0.1, 0.15) is 72.6 Å². The lowest BCUT2D eigenvalue weighted by Crippen LogP contribution is -2.09. The summed E-state index contributed by atoms with van der Waals surface area (Å²) < 4.78 is 0. The average molecular weight is 210 g/mol. The number of unbranched alkanes of at least 4 members (excludes halogenated alkanes) is 2. The summed E-state index contributed by atoms with van der Waals surface area (Å²) in [5.74, 6) is 1.70. The van der Waals surface area contributed by atoms with Crippen LogP contribution in [0.5, 0.6) is 0 Å². The summed E-state index contributed by atoms with van der Waals surface area (Å²) in [6, 6.07) is 0. The molecule has 0 saturated carbocycles. The molecule has 0 heteroatoms. The fourth-order valence-electron chi connectivity index (χ4n) is 2.16. The van der Waals surface area contributed by atoms with E-state index < -0.39 is 0 Å². The molecule has 0 spiro atoms. The van der Waals surface area contributed by atoms with Crippen LogP contribution in [-0.4, -0.2) is 0 Å². The van der Waals surface area contributed by atoms with Gasteiger partial charge >= 0.3 is 0 Å². The van der Waals surface area contributed by atoms with Gasteiger partial charge < -0.3 is 0 Å². The second-order valence-corrected chi connectivity index (χ2v) is 4.71. The van der Waals surface area contributed by atoms with Crippen molar-refractivity contribution in [2.24, 2.45) is 11.8 Å². The molecule has 0 aliphatic carbocycles. The van der Waals surface area contributed by atoms with Gasteiger partial charge in [-0.05, 0) is 31.1 Å². The van der Waals surface area contributed by atoms with E-state index in [0.717, 1.165) is 11.8 Å². The normalized spacial score (nSPS) is 15.2. The summed E-state index contributed by atoms with van der Waals surface area (Å²) in [6.07, 6.45) is 14.4. The Hall–Kier alpha value is 0. The number of rotatable bonds is 10. The smallest absolute Gasteiger partial charge is 0.0383 e. The maximum absolute atomic E-state index is 2.41. The quantitative estimate of drug-likeness (QED) is 0.450. The van der Waals surface area contributed by atoms with E-state index in [1.54, 1.807) is 0 Å². The molecule has 0 aromatic rings. The highest BCUT2D eigenvalue weighted by molar-refractivity contribution is 4.80. The topological polar surface area (TPSA) is 0 Å². The summed E-state index contributed by atoms with van der Waals surface area (Å²) in [7, 11) is 0. The van der Waals surface area contributed by atoms with Gasteiger partial charge in [0.05, 0.1) is 0 Å². The summed E-state index contributed by atoms with van der Waals surface area (Å²) in [5.41, 5.74) is 0. The molecule has 0 nitrogen and oxygen atoms in total. The molecule has 0 aromatic carbocycles. The van der Waals surface area contributed by atoms with E-state index in [1.165, 1.54) is 44.9 Å². The molecule has 0 bridgehead atoms. The third kappa shape index (κ3) is 7.88. The van der Waals surface area contributed by atoms with Crippen LogP contribution in [-0.2, 0) is 0 Å². The SMILES string of the molecule is C[CH]C(CCCC)CC([CH]C)CCCC. The van der Waals surface area contributed by atoms with Gasteiger partial charge in [0.15, 0.2) is 0 Å². The van der Waals surface area contributed by atoms with Crippen molar-refractivity contribution in [3.05, 3.63) is 12.8 Å². The van der Waals surface area contributed by atoms with Crippen molar-refractivity contribution in [1.82, 2.24) is 0 Å². The van der Waals surface area contributed by atoms with Crippen molar-refractivity contribution in [3.8, 4) is 0 Å². The van der Waals surface area contributed by atoms with Gasteiger partial charge in [0.25, 0.3) is 0 Å². The number of hydrogen-bond donors (Lipinski definition) is 0. The maximum atomic E-state index is 2.41. The minimum absolute atomic E-state index is 0.850. The van der Waals surface area contributed by atoms with Gasteiger partial charge in [-0.1, -0.05) is 66.2 Å². The Labute approximate surface area is 97.8 Å². The standard InChI is InChI=1S/C15H30/c1-5-9-11-14(7-3)13-15(8-4)12-10-6-2/h7-8,14-15H,5-6,9-13H2,1-4H3. The van der Waals surface area contributed by atoms with Gasteiger partial charge in [0.2, 0.25) is 0 Å². The van der Waals surface area contributed by atoms with Crippen LogP contribution in [0, 0.1) is 24.7 Å². The lowest BCUT2D eigenvalue weighted by Gasteiger charge is -2.21. The lowest BCUT2D eigenvalue weighted by molar-refractivity contribution is 0.385. The minimum atomic E-state index is 0.850. The van der Waals surface area contributed by atoms with Crippen molar-refractivity contribution in [3.63, 3.8) is 0 Å². The van der Waals surface area contributed by atoms with E-state index in [0.29, 0.717) is 0 Å². The first-order valence-corrected chi connectivity index (χ1v) is 6.87. The molecule has 2 unspecified atom stereocenters. The minimum Gasteiger partial charge on any atom is -0.0654 e. The Morgan fingerprint density at radius 1 is 0.800 bits per heavy atom. The lowest BCUT2D eigenvalue weighted by atomic mass is 9.85. The van der Waals surface area contributed by atoms with Crippen LogP contribution in [0.4, 0.5) is 0 Å². The molecule has 0 aliphatic heterocycles. The van der Waals surface area contributed by atoms with Crippen LogP contribution < -0.4 is 0 Å². The maximum Gasteiger partial charge on any atom is -0.0383 e. The van der Waals surface area contributed by atoms with Gasteiger partial charge in [-0.2, -0.15) is 0 Å². The van der Waals surface area contributed by atoms with E-state index in [1.807, 2.05) is 0 Å². The first kappa shape index (κ1) is 15.0. The molecular formula is C15H30. The second-order valence-electron chi connectivity index (χ2n) is 4.71. The predicted octanol–water partition coefficient (Wildman–Crippen LogP) is 5.44. The molecule has 0 N–H and O–H groups in total. The summed E-state index contributed by atoms with van der Waals surface area (Å²) in [6.45, 7) is 9.03. The molecule has 0 aromatic heterocycles. The average Bonchev–Trinajstić information content (AvgIpc) is 2.28. The fourth-order valence-corrected chi connectivity index (χ4v) is 2.16. The molecule has 0 amide bonds. The van der Waals surface area contributed by atoms with Gasteiger partial charge in [0, 0.05) is 0 Å². The van der Waals surface area contributed by atoms with E-state index in [4.69, 9.17) is 0 Å². The predicted molar refractivity (Wildman–Crippen MR) is 70.6 cm³/mol. The van der Waals surface area contributed by atoms with Crippen LogP contribution in [0.15, 0.2) is 0 Å². The highest BCUT2D eigenvalue weighted by Gasteiger charge is 2.13. The molecular weight excluding hydrogens is 180 g/mol. The molecule has 90 valence electrons. The van der Waals surface area contributed by atoms with Gasteiger partial charge in [-0.3, -0.25) is 0 Å². The van der Waals surface area contributed by atoms with E-state index in [-0.39, 0.29) is 0 Å². The Bertz CT molecular complexity index is 103. The molecule has 0 fully saturated rings. The first-order chi connectivity index (χ1) is 7.28. The first-order valence-electron chi connectivity index (χ1n) is 6.87. The van der Waals surface area contributed by atoms with Crippen molar-refractivity contribution >= 4 is 0 Å². The molecule has 0 rings (SSSR count). The summed E-state index contributed by atoms with van der Waals surface area (Å²) >= 11 is 0. The second kappa shape index (κ2) is 10.5. The van der Waals surface area contributed by atoms with Crippen molar-refractivity contribution in [2.45, 2.75) is 72.6 Å². The third-order valence-corrected chi connectivity index (χ3v) is 3.41. The van der Waals surface area contributed by atoms with Crippen LogP contribution in [0.25, 0.3) is 0 Å². The molecule has 0 saturated heterocycles. The molecule has 2 radical (unpaired) electrons. The molecule has 15 heavy (non-hydrogen) atoms. The van der Waals surface area contributed by atoms with Gasteiger partial charge in [-0.15, -0.1) is 0 Å². The van der Waals surface area contributed by atoms with Crippen LogP contribution >= 0.6 is 0 Å².